The van der Waals surface area contributed by atoms with E-state index >= 15 is 0 Å². The van der Waals surface area contributed by atoms with E-state index in [9.17, 15) is 4.79 Å². The number of likely N-dealkylation sites (tertiary alicyclic amines) is 1. The summed E-state index contributed by atoms with van der Waals surface area (Å²) in [6.45, 7) is 2.48. The van der Waals surface area contributed by atoms with Crippen molar-refractivity contribution >= 4 is 11.8 Å². The minimum atomic E-state index is -0.109. The van der Waals surface area contributed by atoms with E-state index in [1.807, 2.05) is 12.1 Å². The largest absolute Gasteiger partial charge is 0.469 e. The predicted molar refractivity (Wildman–Crippen MR) is 64.0 cm³/mol. The van der Waals surface area contributed by atoms with Crippen LogP contribution < -0.4 is 5.73 Å². The maximum atomic E-state index is 11.4. The number of nitrogens with zero attached hydrogens (tertiary/aromatic N) is 2. The number of carbonyl (C=O) groups excluding carboxylic acids is 1. The molecule has 5 nitrogen and oxygen atoms in total. The zero-order valence-corrected chi connectivity index (χ0v) is 9.93. The highest BCUT2D eigenvalue weighted by molar-refractivity contribution is 5.72. The number of esters is 1. The van der Waals surface area contributed by atoms with Crippen LogP contribution in [0.15, 0.2) is 18.3 Å². The molecule has 1 aliphatic heterocycles. The van der Waals surface area contributed by atoms with Crippen LogP contribution in [-0.2, 0) is 16.1 Å². The second-order valence-corrected chi connectivity index (χ2v) is 4.33. The Morgan fingerprint density at radius 3 is 3.24 bits per heavy atom. The summed E-state index contributed by atoms with van der Waals surface area (Å²) >= 11 is 0. The first-order valence-corrected chi connectivity index (χ1v) is 5.69. The highest BCUT2D eigenvalue weighted by atomic mass is 16.5. The highest BCUT2D eigenvalue weighted by Crippen LogP contribution is 2.19. The van der Waals surface area contributed by atoms with E-state index in [0.29, 0.717) is 5.82 Å². The molecular weight excluding hydrogens is 218 g/mol. The van der Waals surface area contributed by atoms with Gasteiger partial charge in [-0.1, -0.05) is 0 Å². The first-order chi connectivity index (χ1) is 8.19. The van der Waals surface area contributed by atoms with Gasteiger partial charge >= 0.3 is 5.97 Å². The van der Waals surface area contributed by atoms with E-state index in [2.05, 4.69) is 9.88 Å². The van der Waals surface area contributed by atoms with Crippen molar-refractivity contribution in [3.8, 4) is 0 Å². The van der Waals surface area contributed by atoms with Gasteiger partial charge in [-0.25, -0.2) is 4.98 Å². The standard InChI is InChI=1S/C12H17N3O2/c1-17-12(16)10-3-5-15(8-10)7-9-2-4-14-11(13)6-9/h2,4,6,10H,3,5,7-8H2,1H3,(H2,13,14). The molecule has 0 saturated carbocycles. The third-order valence-electron chi connectivity index (χ3n) is 3.06. The Balaban J connectivity index is 1.92. The number of hydrogen-bond acceptors (Lipinski definition) is 5. The van der Waals surface area contributed by atoms with Crippen LogP contribution in [0.2, 0.25) is 0 Å². The summed E-state index contributed by atoms with van der Waals surface area (Å²) in [7, 11) is 1.44. The Bertz CT molecular complexity index is 408. The molecule has 0 spiro atoms. The van der Waals surface area contributed by atoms with Crippen molar-refractivity contribution in [1.29, 1.82) is 0 Å². The number of aromatic nitrogens is 1. The fourth-order valence-corrected chi connectivity index (χ4v) is 2.19. The van der Waals surface area contributed by atoms with Crippen LogP contribution in [0.3, 0.4) is 0 Å². The molecule has 2 heterocycles. The van der Waals surface area contributed by atoms with Gasteiger partial charge in [0, 0.05) is 19.3 Å². The third-order valence-corrected chi connectivity index (χ3v) is 3.06. The van der Waals surface area contributed by atoms with Crippen LogP contribution in [-0.4, -0.2) is 36.1 Å². The molecule has 0 aliphatic carbocycles. The number of hydrogen-bond donors (Lipinski definition) is 1. The zero-order valence-electron chi connectivity index (χ0n) is 9.93. The maximum Gasteiger partial charge on any atom is 0.310 e. The Morgan fingerprint density at radius 1 is 1.71 bits per heavy atom. The quantitative estimate of drug-likeness (QED) is 0.779. The van der Waals surface area contributed by atoms with Gasteiger partial charge in [0.15, 0.2) is 0 Å². The van der Waals surface area contributed by atoms with Gasteiger partial charge in [0.1, 0.15) is 5.82 Å². The molecule has 5 heteroatoms. The lowest BCUT2D eigenvalue weighted by Crippen LogP contribution is -2.23. The van der Waals surface area contributed by atoms with E-state index < -0.39 is 0 Å². The number of rotatable bonds is 3. The molecule has 1 aromatic rings. The van der Waals surface area contributed by atoms with Gasteiger partial charge in [-0.3, -0.25) is 9.69 Å². The first kappa shape index (κ1) is 11.9. The number of pyridine rings is 1. The van der Waals surface area contributed by atoms with Crippen molar-refractivity contribution in [2.24, 2.45) is 5.92 Å². The molecular formula is C12H17N3O2. The monoisotopic (exact) mass is 235 g/mol. The van der Waals surface area contributed by atoms with Crippen LogP contribution in [0.1, 0.15) is 12.0 Å². The van der Waals surface area contributed by atoms with Crippen molar-refractivity contribution < 1.29 is 9.53 Å². The van der Waals surface area contributed by atoms with Gasteiger partial charge < -0.3 is 10.5 Å². The molecule has 1 aromatic heterocycles. The second kappa shape index (κ2) is 5.14. The first-order valence-electron chi connectivity index (χ1n) is 5.69. The van der Waals surface area contributed by atoms with Crippen LogP contribution in [0.25, 0.3) is 0 Å². The Hall–Kier alpha value is -1.62. The molecule has 1 saturated heterocycles. The SMILES string of the molecule is COC(=O)C1CCN(Cc2ccnc(N)c2)C1. The summed E-state index contributed by atoms with van der Waals surface area (Å²) in [4.78, 5) is 17.6. The summed E-state index contributed by atoms with van der Waals surface area (Å²) in [6, 6.07) is 3.81. The lowest BCUT2D eigenvalue weighted by Gasteiger charge is -2.15. The predicted octanol–water partition coefficient (Wildman–Crippen LogP) is 0.659. The number of ether oxygens (including phenoxy) is 1. The molecule has 0 amide bonds. The molecule has 0 aromatic carbocycles. The molecule has 1 unspecified atom stereocenters. The van der Waals surface area contributed by atoms with Crippen molar-refractivity contribution in [3.05, 3.63) is 23.9 Å². The highest BCUT2D eigenvalue weighted by Gasteiger charge is 2.28. The van der Waals surface area contributed by atoms with Crippen molar-refractivity contribution in [2.75, 3.05) is 25.9 Å². The van der Waals surface area contributed by atoms with E-state index in [4.69, 9.17) is 10.5 Å². The molecule has 1 atom stereocenters. The zero-order chi connectivity index (χ0) is 12.3. The second-order valence-electron chi connectivity index (χ2n) is 4.33. The summed E-state index contributed by atoms with van der Waals surface area (Å²) in [5.74, 6) is 0.437. The van der Waals surface area contributed by atoms with Gasteiger partial charge in [-0.05, 0) is 30.7 Å². The van der Waals surface area contributed by atoms with E-state index in [-0.39, 0.29) is 11.9 Å². The molecule has 92 valence electrons. The molecule has 2 N–H and O–H groups in total. The van der Waals surface area contributed by atoms with E-state index in [0.717, 1.165) is 31.6 Å². The minimum Gasteiger partial charge on any atom is -0.469 e. The minimum absolute atomic E-state index is 0.0131. The topological polar surface area (TPSA) is 68.5 Å². The molecule has 2 rings (SSSR count). The number of methoxy groups -OCH3 is 1. The molecule has 1 fully saturated rings. The summed E-state index contributed by atoms with van der Waals surface area (Å²) in [5.41, 5.74) is 6.75. The summed E-state index contributed by atoms with van der Waals surface area (Å²) in [5, 5.41) is 0. The molecule has 1 aliphatic rings. The molecule has 0 bridgehead atoms. The normalized spacial score (nSPS) is 20.4. The van der Waals surface area contributed by atoms with Gasteiger partial charge in [0.2, 0.25) is 0 Å². The van der Waals surface area contributed by atoms with E-state index in [1.54, 1.807) is 6.20 Å². The van der Waals surface area contributed by atoms with Crippen LogP contribution in [0.5, 0.6) is 0 Å². The number of carbonyl (C=O) groups is 1. The van der Waals surface area contributed by atoms with Crippen molar-refractivity contribution in [1.82, 2.24) is 9.88 Å². The summed E-state index contributed by atoms with van der Waals surface area (Å²) < 4.78 is 4.76. The van der Waals surface area contributed by atoms with Crippen LogP contribution >= 0.6 is 0 Å². The number of nitrogens with two attached hydrogens (primary N) is 1. The van der Waals surface area contributed by atoms with Gasteiger partial charge in [0.25, 0.3) is 0 Å². The van der Waals surface area contributed by atoms with Crippen molar-refractivity contribution in [3.63, 3.8) is 0 Å². The summed E-state index contributed by atoms with van der Waals surface area (Å²) in [6.07, 6.45) is 2.58. The maximum absolute atomic E-state index is 11.4. The fourth-order valence-electron chi connectivity index (χ4n) is 2.19. The Labute approximate surface area is 101 Å². The molecule has 0 radical (unpaired) electrons. The number of anilines is 1. The van der Waals surface area contributed by atoms with Gasteiger partial charge in [-0.15, -0.1) is 0 Å². The lowest BCUT2D eigenvalue weighted by atomic mass is 10.1. The molecule has 17 heavy (non-hydrogen) atoms. The third kappa shape index (κ3) is 2.94. The Kier molecular flexibility index (Phi) is 3.58. The van der Waals surface area contributed by atoms with Crippen molar-refractivity contribution in [2.45, 2.75) is 13.0 Å². The van der Waals surface area contributed by atoms with E-state index in [1.165, 1.54) is 7.11 Å². The fraction of sp³-hybridized carbons (Fsp3) is 0.500. The number of nitrogen functional groups attached to an aromatic ring is 1. The Morgan fingerprint density at radius 2 is 2.53 bits per heavy atom. The van der Waals surface area contributed by atoms with Gasteiger partial charge in [0.05, 0.1) is 13.0 Å². The van der Waals surface area contributed by atoms with Crippen LogP contribution in [0, 0.1) is 5.92 Å². The average molecular weight is 235 g/mol. The van der Waals surface area contributed by atoms with Crippen LogP contribution in [0.4, 0.5) is 5.82 Å². The van der Waals surface area contributed by atoms with Gasteiger partial charge in [-0.2, -0.15) is 0 Å². The average Bonchev–Trinajstić information content (AvgIpc) is 2.76. The smallest absolute Gasteiger partial charge is 0.310 e. The lowest BCUT2D eigenvalue weighted by molar-refractivity contribution is -0.144.